The third kappa shape index (κ3) is 10.2. The van der Waals surface area contributed by atoms with Gasteiger partial charge in [-0.05, 0) is 50.5 Å². The van der Waals surface area contributed by atoms with Crippen LogP contribution in [0.2, 0.25) is 0 Å². The Morgan fingerprint density at radius 1 is 1.10 bits per heavy atom. The summed E-state index contributed by atoms with van der Waals surface area (Å²) < 4.78 is 5.10. The highest BCUT2D eigenvalue weighted by Gasteiger charge is 2.15. The monoisotopic (exact) mass is 545 g/mol. The summed E-state index contributed by atoms with van der Waals surface area (Å²) >= 11 is 0. The number of hydrogen-bond donors (Lipinski definition) is 3. The van der Waals surface area contributed by atoms with E-state index in [1.807, 2.05) is 11.8 Å². The number of carbonyl (C=O) groups excluding carboxylic acids is 2. The number of rotatable bonds is 10. The fraction of sp³-hybridized carbons (Fsp3) is 0.591. The molecule has 0 saturated carbocycles. The smallest absolute Gasteiger partial charge is 0.251 e. The number of nitrogens with one attached hydrogen (secondary N) is 3. The van der Waals surface area contributed by atoms with Gasteiger partial charge in [0.25, 0.3) is 5.91 Å². The zero-order valence-electron chi connectivity index (χ0n) is 18.6. The van der Waals surface area contributed by atoms with E-state index in [0.29, 0.717) is 31.6 Å². The van der Waals surface area contributed by atoms with Crippen molar-refractivity contribution < 1.29 is 14.3 Å². The van der Waals surface area contributed by atoms with Gasteiger partial charge < -0.3 is 25.6 Å². The van der Waals surface area contributed by atoms with Crippen LogP contribution in [0.15, 0.2) is 29.3 Å². The number of nitrogens with zero attached hydrogens (tertiary/aromatic N) is 2. The Balaban J connectivity index is 0.00000480. The number of likely N-dealkylation sites (tertiary alicyclic amines) is 1. The predicted octanol–water partition coefficient (Wildman–Crippen LogP) is 2.39. The average Bonchev–Trinajstić information content (AvgIpc) is 2.97. The largest absolute Gasteiger partial charge is 0.497 e. The third-order valence-corrected chi connectivity index (χ3v) is 4.93. The Labute approximate surface area is 202 Å². The molecular formula is C22H36IN5O3. The second-order valence-electron chi connectivity index (χ2n) is 7.22. The Morgan fingerprint density at radius 3 is 2.55 bits per heavy atom. The Morgan fingerprint density at radius 2 is 1.84 bits per heavy atom. The van der Waals surface area contributed by atoms with Gasteiger partial charge >= 0.3 is 0 Å². The molecule has 0 bridgehead atoms. The van der Waals surface area contributed by atoms with Gasteiger partial charge in [0.1, 0.15) is 5.75 Å². The van der Waals surface area contributed by atoms with Crippen molar-refractivity contribution in [3.8, 4) is 5.75 Å². The number of methoxy groups -OCH3 is 1. The van der Waals surface area contributed by atoms with E-state index in [9.17, 15) is 9.59 Å². The first-order valence-electron chi connectivity index (χ1n) is 10.9. The van der Waals surface area contributed by atoms with Gasteiger partial charge in [-0.2, -0.15) is 0 Å². The second-order valence-corrected chi connectivity index (χ2v) is 7.22. The number of ether oxygens (including phenoxy) is 1. The van der Waals surface area contributed by atoms with E-state index in [1.165, 1.54) is 0 Å². The molecule has 2 amide bonds. The summed E-state index contributed by atoms with van der Waals surface area (Å²) in [5, 5.41) is 9.32. The van der Waals surface area contributed by atoms with Gasteiger partial charge in [0.05, 0.1) is 7.11 Å². The number of halogens is 1. The van der Waals surface area contributed by atoms with E-state index in [1.54, 1.807) is 31.4 Å². The van der Waals surface area contributed by atoms with Crippen LogP contribution in [-0.2, 0) is 4.79 Å². The number of aliphatic imine (C=N–C) groups is 1. The predicted molar refractivity (Wildman–Crippen MR) is 134 cm³/mol. The molecule has 2 rings (SSSR count). The molecule has 1 aliphatic rings. The standard InChI is InChI=1S/C22H35N5O3.HI/c1-3-23-22(25-13-7-17-27-16-6-4-5-8-20(27)28)26-15-14-24-21(29)18-9-11-19(30-2)12-10-18;/h9-12H,3-8,13-17H2,1-2H3,(H,24,29)(H2,23,25,26);1H. The van der Waals surface area contributed by atoms with Gasteiger partial charge in [-0.1, -0.05) is 6.42 Å². The Bertz CT molecular complexity index is 697. The van der Waals surface area contributed by atoms with E-state index in [0.717, 1.165) is 57.0 Å². The number of guanidine groups is 1. The van der Waals surface area contributed by atoms with E-state index < -0.39 is 0 Å². The molecule has 1 saturated heterocycles. The first-order valence-corrected chi connectivity index (χ1v) is 10.9. The molecule has 0 radical (unpaired) electrons. The van der Waals surface area contributed by atoms with E-state index >= 15 is 0 Å². The minimum absolute atomic E-state index is 0. The SMILES string of the molecule is CCNC(=NCCCN1CCCCCC1=O)NCCNC(=O)c1ccc(OC)cc1.I. The molecule has 0 aliphatic carbocycles. The van der Waals surface area contributed by atoms with Crippen molar-refractivity contribution in [2.45, 2.75) is 39.0 Å². The van der Waals surface area contributed by atoms with Gasteiger partial charge in [-0.15, -0.1) is 24.0 Å². The summed E-state index contributed by atoms with van der Waals surface area (Å²) in [5.41, 5.74) is 0.597. The van der Waals surface area contributed by atoms with Crippen molar-refractivity contribution in [2.75, 3.05) is 46.4 Å². The summed E-state index contributed by atoms with van der Waals surface area (Å²) in [7, 11) is 1.60. The molecule has 1 heterocycles. The highest BCUT2D eigenvalue weighted by Crippen LogP contribution is 2.12. The normalized spacial score (nSPS) is 14.3. The first-order chi connectivity index (χ1) is 14.6. The molecule has 8 nitrogen and oxygen atoms in total. The topological polar surface area (TPSA) is 95.1 Å². The maximum atomic E-state index is 12.2. The second kappa shape index (κ2) is 15.7. The fourth-order valence-electron chi connectivity index (χ4n) is 3.27. The highest BCUT2D eigenvalue weighted by molar-refractivity contribution is 14.0. The molecule has 1 aromatic rings. The molecule has 0 unspecified atom stereocenters. The summed E-state index contributed by atoms with van der Waals surface area (Å²) in [6.45, 7) is 6.11. The average molecular weight is 545 g/mol. The van der Waals surface area contributed by atoms with Gasteiger partial charge in [0, 0.05) is 51.3 Å². The van der Waals surface area contributed by atoms with Gasteiger partial charge in [0.2, 0.25) is 5.91 Å². The molecule has 0 aromatic heterocycles. The van der Waals surface area contributed by atoms with Crippen molar-refractivity contribution in [1.82, 2.24) is 20.9 Å². The van der Waals surface area contributed by atoms with Crippen LogP contribution < -0.4 is 20.7 Å². The van der Waals surface area contributed by atoms with E-state index in [2.05, 4.69) is 20.9 Å². The van der Waals surface area contributed by atoms with Crippen LogP contribution in [-0.4, -0.2) is 69.1 Å². The molecule has 1 fully saturated rings. The van der Waals surface area contributed by atoms with Crippen LogP contribution in [0.1, 0.15) is 49.4 Å². The van der Waals surface area contributed by atoms with Crippen LogP contribution in [0.3, 0.4) is 0 Å². The maximum Gasteiger partial charge on any atom is 0.251 e. The summed E-state index contributed by atoms with van der Waals surface area (Å²) in [5.74, 6) is 1.59. The Kier molecular flexibility index (Phi) is 13.7. The minimum atomic E-state index is -0.122. The van der Waals surface area contributed by atoms with Gasteiger partial charge in [0.15, 0.2) is 5.96 Å². The van der Waals surface area contributed by atoms with Crippen molar-refractivity contribution >= 4 is 41.8 Å². The Hall–Kier alpha value is -2.04. The molecular weight excluding hydrogens is 509 g/mol. The number of benzene rings is 1. The van der Waals surface area contributed by atoms with Crippen molar-refractivity contribution in [3.05, 3.63) is 29.8 Å². The zero-order valence-corrected chi connectivity index (χ0v) is 20.9. The molecule has 0 atom stereocenters. The minimum Gasteiger partial charge on any atom is -0.497 e. The van der Waals surface area contributed by atoms with E-state index in [4.69, 9.17) is 4.74 Å². The molecule has 1 aromatic carbocycles. The van der Waals surface area contributed by atoms with E-state index in [-0.39, 0.29) is 35.8 Å². The molecule has 3 N–H and O–H groups in total. The van der Waals surface area contributed by atoms with Crippen LogP contribution >= 0.6 is 24.0 Å². The number of hydrogen-bond acceptors (Lipinski definition) is 4. The van der Waals surface area contributed by atoms with Crippen molar-refractivity contribution in [3.63, 3.8) is 0 Å². The molecule has 1 aliphatic heterocycles. The zero-order chi connectivity index (χ0) is 21.6. The number of amides is 2. The summed E-state index contributed by atoms with van der Waals surface area (Å²) in [6.07, 6.45) is 4.77. The fourth-order valence-corrected chi connectivity index (χ4v) is 3.27. The van der Waals surface area contributed by atoms with Gasteiger partial charge in [-0.3, -0.25) is 14.6 Å². The highest BCUT2D eigenvalue weighted by atomic mass is 127. The lowest BCUT2D eigenvalue weighted by Crippen LogP contribution is -2.41. The molecule has 9 heteroatoms. The summed E-state index contributed by atoms with van der Waals surface area (Å²) in [6, 6.07) is 7.01. The van der Waals surface area contributed by atoms with Crippen LogP contribution in [0.25, 0.3) is 0 Å². The lowest BCUT2D eigenvalue weighted by molar-refractivity contribution is -0.130. The first kappa shape index (κ1) is 27.0. The third-order valence-electron chi connectivity index (χ3n) is 4.93. The van der Waals surface area contributed by atoms with Crippen LogP contribution in [0.5, 0.6) is 5.75 Å². The molecule has 174 valence electrons. The van der Waals surface area contributed by atoms with Crippen LogP contribution in [0, 0.1) is 0 Å². The van der Waals surface area contributed by atoms with Crippen molar-refractivity contribution in [1.29, 1.82) is 0 Å². The van der Waals surface area contributed by atoms with Gasteiger partial charge in [-0.25, -0.2) is 0 Å². The lowest BCUT2D eigenvalue weighted by atomic mass is 10.2. The van der Waals surface area contributed by atoms with Crippen LogP contribution in [0.4, 0.5) is 0 Å². The quantitative estimate of drug-likeness (QED) is 0.182. The molecule has 31 heavy (non-hydrogen) atoms. The maximum absolute atomic E-state index is 12.2. The lowest BCUT2D eigenvalue weighted by Gasteiger charge is -2.20. The number of carbonyl (C=O) groups is 2. The van der Waals surface area contributed by atoms with Crippen molar-refractivity contribution in [2.24, 2.45) is 4.99 Å². The summed E-state index contributed by atoms with van der Waals surface area (Å²) in [4.78, 5) is 30.7. The molecule has 0 spiro atoms.